The van der Waals surface area contributed by atoms with Crippen LogP contribution in [0.25, 0.3) is 11.4 Å². The number of para-hydroxylation sites is 1. The molecule has 0 unspecified atom stereocenters. The summed E-state index contributed by atoms with van der Waals surface area (Å²) in [5.41, 5.74) is 0.533. The van der Waals surface area contributed by atoms with Gasteiger partial charge in [0.15, 0.2) is 5.82 Å². The van der Waals surface area contributed by atoms with E-state index in [2.05, 4.69) is 20.8 Å². The van der Waals surface area contributed by atoms with Gasteiger partial charge >= 0.3 is 12.0 Å². The Kier molecular flexibility index (Phi) is 4.52. The zero-order valence-electron chi connectivity index (χ0n) is 16.0. The molecule has 9 nitrogen and oxygen atoms in total. The van der Waals surface area contributed by atoms with Crippen LogP contribution in [0.15, 0.2) is 24.3 Å². The Morgan fingerprint density at radius 3 is 2.82 bits per heavy atom. The van der Waals surface area contributed by atoms with Gasteiger partial charge in [-0.25, -0.2) is 9.48 Å². The topological polar surface area (TPSA) is 113 Å². The number of hydrogen-bond donors (Lipinski definition) is 2. The van der Waals surface area contributed by atoms with E-state index in [1.165, 1.54) is 0 Å². The standard InChI is InChI=1S/C19H24N6O3/c1-12(2)25-16(21-22-23-25)14-7-3-4-8-15(14)20-18(28)24-10-13-6-5-9-19(13,11-24)17(26)27/h3-4,7-8,12-13H,5-6,9-11H2,1-2H3,(H,20,28)(H,26,27)/t13-,19+/m0/s1. The summed E-state index contributed by atoms with van der Waals surface area (Å²) in [5.74, 6) is -0.188. The number of hydrogen-bond acceptors (Lipinski definition) is 5. The molecule has 1 aromatic heterocycles. The number of carboxylic acid groups (broad SMARTS) is 1. The lowest BCUT2D eigenvalue weighted by Gasteiger charge is -2.23. The fraction of sp³-hybridized carbons (Fsp3) is 0.526. The molecule has 1 saturated carbocycles. The van der Waals surface area contributed by atoms with Crippen molar-refractivity contribution < 1.29 is 14.7 Å². The summed E-state index contributed by atoms with van der Waals surface area (Å²) in [4.78, 5) is 26.4. The normalized spacial score (nSPS) is 23.8. The van der Waals surface area contributed by atoms with Crippen LogP contribution in [-0.4, -0.2) is 55.3 Å². The smallest absolute Gasteiger partial charge is 0.321 e. The number of likely N-dealkylation sites (tertiary alicyclic amines) is 1. The maximum atomic E-state index is 12.9. The van der Waals surface area contributed by atoms with E-state index in [0.717, 1.165) is 18.4 Å². The molecule has 1 aromatic carbocycles. The highest BCUT2D eigenvalue weighted by Crippen LogP contribution is 2.49. The molecule has 0 bridgehead atoms. The lowest BCUT2D eigenvalue weighted by molar-refractivity contribution is -0.149. The van der Waals surface area contributed by atoms with Crippen LogP contribution in [0.1, 0.15) is 39.2 Å². The van der Waals surface area contributed by atoms with Crippen LogP contribution < -0.4 is 5.32 Å². The summed E-state index contributed by atoms with van der Waals surface area (Å²) in [6, 6.07) is 7.14. The molecule has 28 heavy (non-hydrogen) atoms. The Morgan fingerprint density at radius 1 is 1.32 bits per heavy atom. The van der Waals surface area contributed by atoms with Crippen molar-refractivity contribution in [3.8, 4) is 11.4 Å². The van der Waals surface area contributed by atoms with Crippen molar-refractivity contribution in [2.75, 3.05) is 18.4 Å². The first-order valence-electron chi connectivity index (χ1n) is 9.59. The minimum Gasteiger partial charge on any atom is -0.481 e. The van der Waals surface area contributed by atoms with E-state index >= 15 is 0 Å². The highest BCUT2D eigenvalue weighted by molar-refractivity contribution is 5.94. The molecule has 2 amide bonds. The monoisotopic (exact) mass is 384 g/mol. The maximum Gasteiger partial charge on any atom is 0.321 e. The highest BCUT2D eigenvalue weighted by atomic mass is 16.4. The first kappa shape index (κ1) is 18.4. The van der Waals surface area contributed by atoms with Crippen LogP contribution in [-0.2, 0) is 4.79 Å². The molecular weight excluding hydrogens is 360 g/mol. The first-order chi connectivity index (χ1) is 13.4. The van der Waals surface area contributed by atoms with Gasteiger partial charge in [-0.05, 0) is 55.2 Å². The van der Waals surface area contributed by atoms with E-state index in [9.17, 15) is 14.7 Å². The second kappa shape index (κ2) is 6.88. The van der Waals surface area contributed by atoms with Crippen LogP contribution in [0.4, 0.5) is 10.5 Å². The van der Waals surface area contributed by atoms with Gasteiger partial charge in [0.1, 0.15) is 0 Å². The van der Waals surface area contributed by atoms with E-state index in [4.69, 9.17) is 0 Å². The van der Waals surface area contributed by atoms with Crippen molar-refractivity contribution in [3.05, 3.63) is 24.3 Å². The number of nitrogens with zero attached hydrogens (tertiary/aromatic N) is 5. The second-order valence-electron chi connectivity index (χ2n) is 7.95. The van der Waals surface area contributed by atoms with E-state index in [1.54, 1.807) is 15.6 Å². The van der Waals surface area contributed by atoms with Crippen molar-refractivity contribution in [1.29, 1.82) is 0 Å². The number of anilines is 1. The van der Waals surface area contributed by atoms with Crippen LogP contribution in [0.3, 0.4) is 0 Å². The van der Waals surface area contributed by atoms with Crippen molar-refractivity contribution >= 4 is 17.7 Å². The number of fused-ring (bicyclic) bond motifs is 1. The highest BCUT2D eigenvalue weighted by Gasteiger charge is 2.55. The lowest BCUT2D eigenvalue weighted by atomic mass is 9.81. The molecule has 2 N–H and O–H groups in total. The number of urea groups is 1. The molecule has 1 aliphatic heterocycles. The van der Waals surface area contributed by atoms with Crippen molar-refractivity contribution in [2.24, 2.45) is 11.3 Å². The minimum atomic E-state index is -0.793. The summed E-state index contributed by atoms with van der Waals surface area (Å²) < 4.78 is 1.70. The van der Waals surface area contributed by atoms with Gasteiger partial charge in [-0.15, -0.1) is 5.10 Å². The number of carbonyl (C=O) groups is 2. The maximum absolute atomic E-state index is 12.9. The predicted octanol–water partition coefficient (Wildman–Crippen LogP) is 2.64. The quantitative estimate of drug-likeness (QED) is 0.838. The van der Waals surface area contributed by atoms with Gasteiger partial charge in [-0.2, -0.15) is 0 Å². The molecular formula is C19H24N6O3. The van der Waals surface area contributed by atoms with E-state index in [1.807, 2.05) is 32.0 Å². The third-order valence-electron chi connectivity index (χ3n) is 5.98. The lowest BCUT2D eigenvalue weighted by Crippen LogP contribution is -2.38. The zero-order valence-corrected chi connectivity index (χ0v) is 16.0. The summed E-state index contributed by atoms with van der Waals surface area (Å²) in [5, 5.41) is 24.6. The van der Waals surface area contributed by atoms with Crippen LogP contribution in [0, 0.1) is 11.3 Å². The molecule has 4 rings (SSSR count). The fourth-order valence-electron chi connectivity index (χ4n) is 4.49. The van der Waals surface area contributed by atoms with E-state index < -0.39 is 11.4 Å². The van der Waals surface area contributed by atoms with Gasteiger partial charge < -0.3 is 15.3 Å². The summed E-state index contributed by atoms with van der Waals surface area (Å²) in [6.07, 6.45) is 2.40. The van der Waals surface area contributed by atoms with Crippen LogP contribution >= 0.6 is 0 Å². The number of rotatable bonds is 4. The number of carbonyl (C=O) groups excluding carboxylic acids is 1. The first-order valence-corrected chi connectivity index (χ1v) is 9.59. The largest absolute Gasteiger partial charge is 0.481 e. The molecule has 1 saturated heterocycles. The molecule has 0 radical (unpaired) electrons. The Hall–Kier alpha value is -2.97. The number of aromatic nitrogens is 4. The van der Waals surface area contributed by atoms with Crippen molar-refractivity contribution in [1.82, 2.24) is 25.1 Å². The van der Waals surface area contributed by atoms with Gasteiger partial charge in [0, 0.05) is 18.7 Å². The molecule has 1 aliphatic carbocycles. The van der Waals surface area contributed by atoms with Crippen molar-refractivity contribution in [2.45, 2.75) is 39.2 Å². The number of carboxylic acids is 1. The third kappa shape index (κ3) is 2.90. The third-order valence-corrected chi connectivity index (χ3v) is 5.98. The molecule has 0 spiro atoms. The van der Waals surface area contributed by atoms with Crippen molar-refractivity contribution in [3.63, 3.8) is 0 Å². The Balaban J connectivity index is 1.57. The Morgan fingerprint density at radius 2 is 2.11 bits per heavy atom. The average molecular weight is 384 g/mol. The molecule has 2 aliphatic rings. The second-order valence-corrected chi connectivity index (χ2v) is 7.95. The molecule has 2 heterocycles. The molecule has 2 fully saturated rings. The summed E-state index contributed by atoms with van der Waals surface area (Å²) in [6.45, 7) is 4.69. The number of aliphatic carboxylic acids is 1. The summed E-state index contributed by atoms with van der Waals surface area (Å²) in [7, 11) is 0. The fourth-order valence-corrected chi connectivity index (χ4v) is 4.49. The van der Waals surface area contributed by atoms with Crippen LogP contribution in [0.5, 0.6) is 0 Å². The number of amides is 2. The molecule has 9 heteroatoms. The zero-order chi connectivity index (χ0) is 19.9. The predicted molar refractivity (Wildman–Crippen MR) is 102 cm³/mol. The SMILES string of the molecule is CC(C)n1nnnc1-c1ccccc1NC(=O)N1C[C@@H]2CCC[C@@]2(C(=O)O)C1. The minimum absolute atomic E-state index is 0.0271. The van der Waals surface area contributed by atoms with Gasteiger partial charge in [-0.3, -0.25) is 4.79 Å². The van der Waals surface area contributed by atoms with E-state index in [-0.39, 0.29) is 24.5 Å². The Labute approximate surface area is 162 Å². The molecule has 2 atom stereocenters. The van der Waals surface area contributed by atoms with Gasteiger partial charge in [-0.1, -0.05) is 18.6 Å². The van der Waals surface area contributed by atoms with Gasteiger partial charge in [0.05, 0.1) is 17.1 Å². The van der Waals surface area contributed by atoms with Crippen LogP contribution in [0.2, 0.25) is 0 Å². The van der Waals surface area contributed by atoms with E-state index in [0.29, 0.717) is 24.5 Å². The molecule has 2 aromatic rings. The summed E-state index contributed by atoms with van der Waals surface area (Å²) >= 11 is 0. The number of benzene rings is 1. The van der Waals surface area contributed by atoms with Gasteiger partial charge in [0.2, 0.25) is 0 Å². The van der Waals surface area contributed by atoms with Gasteiger partial charge in [0.25, 0.3) is 0 Å². The molecule has 148 valence electrons. The number of tetrazole rings is 1. The Bertz CT molecular complexity index is 911. The average Bonchev–Trinajstić information content (AvgIpc) is 3.36. The number of nitrogens with one attached hydrogen (secondary N) is 1.